The second-order valence-electron chi connectivity index (χ2n) is 3.73. The molecule has 100 valence electrons. The van der Waals surface area contributed by atoms with Crippen molar-refractivity contribution < 1.29 is 18.7 Å². The molecule has 0 bridgehead atoms. The van der Waals surface area contributed by atoms with E-state index in [1.165, 1.54) is 13.4 Å². The van der Waals surface area contributed by atoms with Crippen molar-refractivity contribution in [2.45, 2.75) is 6.42 Å². The quantitative estimate of drug-likeness (QED) is 0.783. The maximum Gasteiger partial charge on any atom is 0.307 e. The SMILES string of the molecule is COC(=O)CCNC(=O)c1cc(-c2ccco2)[nH]n1. The number of hydrogen-bond donors (Lipinski definition) is 2. The van der Waals surface area contributed by atoms with Crippen LogP contribution in [0.15, 0.2) is 28.9 Å². The van der Waals surface area contributed by atoms with Crippen molar-refractivity contribution in [2.75, 3.05) is 13.7 Å². The molecule has 0 unspecified atom stereocenters. The zero-order valence-electron chi connectivity index (χ0n) is 10.3. The minimum Gasteiger partial charge on any atom is -0.469 e. The van der Waals surface area contributed by atoms with E-state index in [1.807, 2.05) is 0 Å². The van der Waals surface area contributed by atoms with Gasteiger partial charge < -0.3 is 14.5 Å². The highest BCUT2D eigenvalue weighted by Crippen LogP contribution is 2.17. The van der Waals surface area contributed by atoms with Crippen LogP contribution in [-0.2, 0) is 9.53 Å². The van der Waals surface area contributed by atoms with Crippen LogP contribution in [-0.4, -0.2) is 35.7 Å². The summed E-state index contributed by atoms with van der Waals surface area (Å²) >= 11 is 0. The van der Waals surface area contributed by atoms with Gasteiger partial charge in [-0.1, -0.05) is 0 Å². The van der Waals surface area contributed by atoms with Gasteiger partial charge in [0.25, 0.3) is 5.91 Å². The maximum atomic E-state index is 11.7. The minimum absolute atomic E-state index is 0.123. The number of H-pyrrole nitrogens is 1. The van der Waals surface area contributed by atoms with Gasteiger partial charge in [-0.25, -0.2) is 0 Å². The molecule has 0 aliphatic carbocycles. The number of carbonyl (C=O) groups is 2. The van der Waals surface area contributed by atoms with Gasteiger partial charge in [0.1, 0.15) is 5.69 Å². The molecule has 2 aromatic heterocycles. The monoisotopic (exact) mass is 263 g/mol. The number of amides is 1. The molecular weight excluding hydrogens is 250 g/mol. The summed E-state index contributed by atoms with van der Waals surface area (Å²) < 4.78 is 9.64. The summed E-state index contributed by atoms with van der Waals surface area (Å²) in [6, 6.07) is 5.07. The van der Waals surface area contributed by atoms with Gasteiger partial charge in [-0.2, -0.15) is 5.10 Å². The maximum absolute atomic E-state index is 11.7. The first-order chi connectivity index (χ1) is 9.20. The third-order valence-corrected chi connectivity index (χ3v) is 2.44. The molecule has 0 fully saturated rings. The molecular formula is C12H13N3O4. The lowest BCUT2D eigenvalue weighted by molar-refractivity contribution is -0.140. The highest BCUT2D eigenvalue weighted by molar-refractivity contribution is 5.93. The molecule has 0 aliphatic heterocycles. The van der Waals surface area contributed by atoms with E-state index < -0.39 is 0 Å². The number of aromatic amines is 1. The number of hydrogen-bond acceptors (Lipinski definition) is 5. The average Bonchev–Trinajstić information content (AvgIpc) is 3.08. The first-order valence-corrected chi connectivity index (χ1v) is 5.65. The molecule has 2 heterocycles. The lowest BCUT2D eigenvalue weighted by atomic mass is 10.3. The van der Waals surface area contributed by atoms with Crippen LogP contribution in [0.25, 0.3) is 11.5 Å². The average molecular weight is 263 g/mol. The number of rotatable bonds is 5. The smallest absolute Gasteiger partial charge is 0.307 e. The van der Waals surface area contributed by atoms with Gasteiger partial charge in [-0.15, -0.1) is 0 Å². The van der Waals surface area contributed by atoms with Crippen LogP contribution < -0.4 is 5.32 Å². The van der Waals surface area contributed by atoms with E-state index in [9.17, 15) is 9.59 Å². The van der Waals surface area contributed by atoms with E-state index in [4.69, 9.17) is 4.42 Å². The molecule has 2 rings (SSSR count). The van der Waals surface area contributed by atoms with Crippen LogP contribution in [0.2, 0.25) is 0 Å². The molecule has 19 heavy (non-hydrogen) atoms. The Morgan fingerprint density at radius 1 is 1.53 bits per heavy atom. The summed E-state index contributed by atoms with van der Waals surface area (Å²) in [4.78, 5) is 22.6. The van der Waals surface area contributed by atoms with Crippen molar-refractivity contribution >= 4 is 11.9 Å². The first-order valence-electron chi connectivity index (χ1n) is 5.65. The molecule has 7 heteroatoms. The van der Waals surface area contributed by atoms with Crippen molar-refractivity contribution in [3.8, 4) is 11.5 Å². The van der Waals surface area contributed by atoms with Gasteiger partial charge in [0.2, 0.25) is 0 Å². The molecule has 0 atom stereocenters. The van der Waals surface area contributed by atoms with Crippen molar-refractivity contribution in [1.82, 2.24) is 15.5 Å². The number of ether oxygens (including phenoxy) is 1. The second kappa shape index (κ2) is 5.85. The van der Waals surface area contributed by atoms with E-state index in [-0.39, 0.29) is 30.5 Å². The Morgan fingerprint density at radius 2 is 2.37 bits per heavy atom. The number of carbonyl (C=O) groups excluding carboxylic acids is 2. The normalized spacial score (nSPS) is 10.2. The zero-order valence-corrected chi connectivity index (χ0v) is 10.3. The number of methoxy groups -OCH3 is 1. The van der Waals surface area contributed by atoms with Gasteiger partial charge in [0.15, 0.2) is 11.5 Å². The molecule has 2 N–H and O–H groups in total. The van der Waals surface area contributed by atoms with Gasteiger partial charge in [-0.05, 0) is 12.1 Å². The lowest BCUT2D eigenvalue weighted by Crippen LogP contribution is -2.26. The fourth-order valence-corrected chi connectivity index (χ4v) is 1.47. The molecule has 2 aromatic rings. The fourth-order valence-electron chi connectivity index (χ4n) is 1.47. The summed E-state index contributed by atoms with van der Waals surface area (Å²) in [6.07, 6.45) is 1.66. The third kappa shape index (κ3) is 3.21. The van der Waals surface area contributed by atoms with Crippen LogP contribution in [0.1, 0.15) is 16.9 Å². The number of esters is 1. The van der Waals surface area contributed by atoms with Gasteiger partial charge in [-0.3, -0.25) is 14.7 Å². The number of nitrogens with one attached hydrogen (secondary N) is 2. The molecule has 0 saturated carbocycles. The van der Waals surface area contributed by atoms with E-state index in [0.29, 0.717) is 11.5 Å². The summed E-state index contributed by atoms with van der Waals surface area (Å²) in [6.45, 7) is 0.203. The van der Waals surface area contributed by atoms with E-state index in [2.05, 4.69) is 20.3 Å². The number of aromatic nitrogens is 2. The van der Waals surface area contributed by atoms with Gasteiger partial charge in [0.05, 0.1) is 19.8 Å². The van der Waals surface area contributed by atoms with Crippen LogP contribution in [0.4, 0.5) is 0 Å². The standard InChI is InChI=1S/C12H13N3O4/c1-18-11(16)4-5-13-12(17)9-7-8(14-15-9)10-3-2-6-19-10/h2-3,6-7H,4-5H2,1H3,(H,13,17)(H,14,15). The Hall–Kier alpha value is -2.57. The molecule has 0 spiro atoms. The zero-order chi connectivity index (χ0) is 13.7. The third-order valence-electron chi connectivity index (χ3n) is 2.44. The van der Waals surface area contributed by atoms with Gasteiger partial charge >= 0.3 is 5.97 Å². The highest BCUT2D eigenvalue weighted by atomic mass is 16.5. The van der Waals surface area contributed by atoms with E-state index >= 15 is 0 Å². The summed E-state index contributed by atoms with van der Waals surface area (Å²) in [5.41, 5.74) is 0.847. The van der Waals surface area contributed by atoms with Crippen molar-refractivity contribution in [2.24, 2.45) is 0 Å². The van der Waals surface area contributed by atoms with Gasteiger partial charge in [0, 0.05) is 12.6 Å². The summed E-state index contributed by atoms with van der Waals surface area (Å²) in [7, 11) is 1.30. The predicted molar refractivity (Wildman–Crippen MR) is 65.3 cm³/mol. The molecule has 0 radical (unpaired) electrons. The van der Waals surface area contributed by atoms with Crippen LogP contribution >= 0.6 is 0 Å². The summed E-state index contributed by atoms with van der Waals surface area (Å²) in [5, 5.41) is 9.15. The van der Waals surface area contributed by atoms with Crippen LogP contribution in [0.5, 0.6) is 0 Å². The Labute approximate surface area is 108 Å². The van der Waals surface area contributed by atoms with E-state index in [0.717, 1.165) is 0 Å². The van der Waals surface area contributed by atoms with Crippen molar-refractivity contribution in [3.05, 3.63) is 30.2 Å². The fraction of sp³-hybridized carbons (Fsp3) is 0.250. The molecule has 0 aliphatic rings. The molecule has 0 aromatic carbocycles. The first kappa shape index (κ1) is 12.9. The predicted octanol–water partition coefficient (Wildman–Crippen LogP) is 0.963. The molecule has 7 nitrogen and oxygen atoms in total. The topological polar surface area (TPSA) is 97.2 Å². The largest absolute Gasteiger partial charge is 0.469 e. The van der Waals surface area contributed by atoms with Crippen molar-refractivity contribution in [3.63, 3.8) is 0 Å². The Bertz CT molecular complexity index is 559. The highest BCUT2D eigenvalue weighted by Gasteiger charge is 2.12. The summed E-state index contributed by atoms with van der Waals surface area (Å²) in [5.74, 6) is -0.141. The second-order valence-corrected chi connectivity index (χ2v) is 3.73. The lowest BCUT2D eigenvalue weighted by Gasteiger charge is -2.01. The Kier molecular flexibility index (Phi) is 3.97. The van der Waals surface area contributed by atoms with Crippen LogP contribution in [0, 0.1) is 0 Å². The molecule has 1 amide bonds. The van der Waals surface area contributed by atoms with Crippen LogP contribution in [0.3, 0.4) is 0 Å². The Balaban J connectivity index is 1.91. The number of nitrogens with zero attached hydrogens (tertiary/aromatic N) is 1. The minimum atomic E-state index is -0.376. The molecule has 0 saturated heterocycles. The number of furan rings is 1. The van der Waals surface area contributed by atoms with Crippen molar-refractivity contribution in [1.29, 1.82) is 0 Å². The van der Waals surface area contributed by atoms with E-state index in [1.54, 1.807) is 18.2 Å². The Morgan fingerprint density at radius 3 is 3.05 bits per heavy atom.